The first-order valence-corrected chi connectivity index (χ1v) is 30.5. The summed E-state index contributed by atoms with van der Waals surface area (Å²) in [5.41, 5.74) is 5.38. The average molecular weight is 980 g/mol. The Morgan fingerprint density at radius 1 is 0.441 bits per heavy atom. The van der Waals surface area contributed by atoms with Gasteiger partial charge in [0.25, 0.3) is 0 Å². The Morgan fingerprint density at radius 2 is 0.765 bits per heavy atom. The van der Waals surface area contributed by atoms with Gasteiger partial charge in [-0.1, -0.05) is 262 Å². The largest absolute Gasteiger partial charge is 0.472 e. The van der Waals surface area contributed by atoms with Crippen LogP contribution in [0.4, 0.5) is 0 Å². The van der Waals surface area contributed by atoms with E-state index in [0.29, 0.717) is 6.42 Å². The quantitative estimate of drug-likeness (QED) is 0.0264. The molecular weight excluding hydrogens is 870 g/mol. The lowest BCUT2D eigenvalue weighted by molar-refractivity contribution is -0.161. The van der Waals surface area contributed by atoms with Crippen LogP contribution in [0.3, 0.4) is 0 Å². The van der Waals surface area contributed by atoms with E-state index >= 15 is 0 Å². The first kappa shape index (κ1) is 66.2. The number of esters is 2. The minimum atomic E-state index is -4.38. The summed E-state index contributed by atoms with van der Waals surface area (Å²) in [6.45, 7) is 3.78. The predicted molar refractivity (Wildman–Crippen MR) is 289 cm³/mol. The third kappa shape index (κ3) is 53.6. The zero-order chi connectivity index (χ0) is 49.5. The SMILES string of the molecule is CCCCCCC/C=C\C/C=C\C/C=C\CCCCCCCCCCCCCCCCCCC(=O)OC(COC(=O)CCCCCCCCCCCCCCCCCC)COP(=O)(O)OCCN. The number of carbonyl (C=O) groups is 2. The standard InChI is InChI=1S/C58H110NO8P/c1-3-5-7-9-11-13-15-17-19-21-22-23-24-25-26-27-28-29-30-31-32-33-34-35-37-39-41-43-45-47-49-51-58(61)67-56(55-66-68(62,63)65-53-52-59)54-64-57(60)50-48-46-44-42-40-38-36-20-18-16-14-12-10-8-6-4-2/h15,17,21-22,24-25,56H,3-14,16,18-20,23,26-55,59H2,1-2H3,(H,62,63)/b17-15-,22-21-,25-24-. The van der Waals surface area contributed by atoms with Gasteiger partial charge in [-0.25, -0.2) is 4.57 Å². The van der Waals surface area contributed by atoms with E-state index < -0.39 is 26.5 Å². The Morgan fingerprint density at radius 3 is 1.13 bits per heavy atom. The molecule has 2 atom stereocenters. The fourth-order valence-electron chi connectivity index (χ4n) is 8.47. The smallest absolute Gasteiger partial charge is 0.462 e. The van der Waals surface area contributed by atoms with Crippen LogP contribution in [-0.2, 0) is 32.7 Å². The lowest BCUT2D eigenvalue weighted by atomic mass is 10.0. The van der Waals surface area contributed by atoms with Crippen LogP contribution in [0.15, 0.2) is 36.5 Å². The Bertz CT molecular complexity index is 1210. The number of allylic oxidation sites excluding steroid dienone is 6. The molecule has 0 radical (unpaired) electrons. The van der Waals surface area contributed by atoms with Crippen molar-refractivity contribution in [1.82, 2.24) is 0 Å². The zero-order valence-electron chi connectivity index (χ0n) is 44.6. The van der Waals surface area contributed by atoms with E-state index in [1.165, 1.54) is 212 Å². The Kier molecular flexibility index (Phi) is 53.1. The Balaban J connectivity index is 3.89. The first-order chi connectivity index (χ1) is 33.3. The average Bonchev–Trinajstić information content (AvgIpc) is 3.33. The summed E-state index contributed by atoms with van der Waals surface area (Å²) in [4.78, 5) is 35.1. The molecule has 2 unspecified atom stereocenters. The van der Waals surface area contributed by atoms with Crippen LogP contribution in [0.5, 0.6) is 0 Å². The third-order valence-corrected chi connectivity index (χ3v) is 13.8. The molecule has 0 amide bonds. The van der Waals surface area contributed by atoms with Crippen molar-refractivity contribution >= 4 is 19.8 Å². The van der Waals surface area contributed by atoms with Gasteiger partial charge >= 0.3 is 19.8 Å². The summed E-state index contributed by atoms with van der Waals surface area (Å²) in [7, 11) is -4.38. The second-order valence-corrected chi connectivity index (χ2v) is 21.0. The molecule has 0 aliphatic heterocycles. The van der Waals surface area contributed by atoms with Gasteiger partial charge in [-0.15, -0.1) is 0 Å². The lowest BCUT2D eigenvalue weighted by Gasteiger charge is -2.19. The van der Waals surface area contributed by atoms with Crippen molar-refractivity contribution in [1.29, 1.82) is 0 Å². The molecule has 9 nitrogen and oxygen atoms in total. The molecule has 10 heteroatoms. The number of phosphoric ester groups is 1. The first-order valence-electron chi connectivity index (χ1n) is 29.0. The van der Waals surface area contributed by atoms with Crippen LogP contribution >= 0.6 is 7.82 Å². The predicted octanol–water partition coefficient (Wildman–Crippen LogP) is 18.0. The Hall–Kier alpha value is -1.77. The molecule has 0 spiro atoms. The highest BCUT2D eigenvalue weighted by atomic mass is 31.2. The monoisotopic (exact) mass is 980 g/mol. The van der Waals surface area contributed by atoms with E-state index in [2.05, 4.69) is 50.3 Å². The molecule has 0 aliphatic rings. The molecule has 0 rings (SSSR count). The van der Waals surface area contributed by atoms with Gasteiger partial charge < -0.3 is 20.1 Å². The van der Waals surface area contributed by atoms with Gasteiger partial charge in [0.2, 0.25) is 0 Å². The van der Waals surface area contributed by atoms with Crippen molar-refractivity contribution in [3.05, 3.63) is 36.5 Å². The van der Waals surface area contributed by atoms with Crippen molar-refractivity contribution in [3.8, 4) is 0 Å². The number of phosphoric acid groups is 1. The maximum Gasteiger partial charge on any atom is 0.472 e. The second-order valence-electron chi connectivity index (χ2n) is 19.5. The minimum Gasteiger partial charge on any atom is -0.462 e. The third-order valence-electron chi connectivity index (χ3n) is 12.8. The van der Waals surface area contributed by atoms with Crippen molar-refractivity contribution in [2.45, 2.75) is 296 Å². The van der Waals surface area contributed by atoms with E-state index in [-0.39, 0.29) is 38.6 Å². The van der Waals surface area contributed by atoms with E-state index in [4.69, 9.17) is 24.3 Å². The summed E-state index contributed by atoms with van der Waals surface area (Å²) in [6, 6.07) is 0. The highest BCUT2D eigenvalue weighted by Crippen LogP contribution is 2.43. The van der Waals surface area contributed by atoms with Crippen LogP contribution < -0.4 is 5.73 Å². The molecule has 68 heavy (non-hydrogen) atoms. The number of unbranched alkanes of at least 4 members (excludes halogenated alkanes) is 36. The molecule has 0 heterocycles. The number of ether oxygens (including phenoxy) is 2. The molecule has 0 aromatic heterocycles. The molecule has 400 valence electrons. The Labute approximate surface area is 420 Å². The van der Waals surface area contributed by atoms with Crippen LogP contribution in [-0.4, -0.2) is 49.3 Å². The minimum absolute atomic E-state index is 0.0555. The van der Waals surface area contributed by atoms with E-state index in [1.807, 2.05) is 0 Å². The summed E-state index contributed by atoms with van der Waals surface area (Å²) in [6.07, 6.45) is 64.9. The van der Waals surface area contributed by atoms with Crippen molar-refractivity contribution < 1.29 is 37.6 Å². The number of carbonyl (C=O) groups excluding carboxylic acids is 2. The molecule has 0 saturated carbocycles. The topological polar surface area (TPSA) is 134 Å². The fourth-order valence-corrected chi connectivity index (χ4v) is 9.23. The van der Waals surface area contributed by atoms with Gasteiger partial charge in [-0.2, -0.15) is 0 Å². The maximum absolute atomic E-state index is 12.7. The molecule has 0 fully saturated rings. The van der Waals surface area contributed by atoms with Gasteiger partial charge in [0, 0.05) is 19.4 Å². The summed E-state index contributed by atoms with van der Waals surface area (Å²) in [5, 5.41) is 0. The van der Waals surface area contributed by atoms with Gasteiger partial charge in [0.15, 0.2) is 6.10 Å². The molecule has 0 aromatic carbocycles. The number of hydrogen-bond acceptors (Lipinski definition) is 8. The molecular formula is C58H110NO8P. The van der Waals surface area contributed by atoms with Gasteiger partial charge in [-0.3, -0.25) is 18.6 Å². The van der Waals surface area contributed by atoms with Crippen LogP contribution in [0.25, 0.3) is 0 Å². The van der Waals surface area contributed by atoms with E-state index in [9.17, 15) is 19.0 Å². The number of nitrogens with two attached hydrogens (primary N) is 1. The fraction of sp³-hybridized carbons (Fsp3) is 0.862. The maximum atomic E-state index is 12.7. The molecule has 0 saturated heterocycles. The van der Waals surface area contributed by atoms with Crippen molar-refractivity contribution in [3.63, 3.8) is 0 Å². The molecule has 3 N–H and O–H groups in total. The summed E-state index contributed by atoms with van der Waals surface area (Å²) in [5.74, 6) is -0.812. The highest BCUT2D eigenvalue weighted by Gasteiger charge is 2.26. The molecule has 0 aliphatic carbocycles. The number of rotatable bonds is 55. The van der Waals surface area contributed by atoms with E-state index in [0.717, 1.165) is 44.9 Å². The van der Waals surface area contributed by atoms with Crippen LogP contribution in [0.1, 0.15) is 290 Å². The summed E-state index contributed by atoms with van der Waals surface area (Å²) >= 11 is 0. The van der Waals surface area contributed by atoms with Gasteiger partial charge in [-0.05, 0) is 51.4 Å². The van der Waals surface area contributed by atoms with E-state index in [1.54, 1.807) is 0 Å². The summed E-state index contributed by atoms with van der Waals surface area (Å²) < 4.78 is 33.0. The van der Waals surface area contributed by atoms with Crippen molar-refractivity contribution in [2.75, 3.05) is 26.4 Å². The second kappa shape index (κ2) is 54.6. The van der Waals surface area contributed by atoms with Crippen LogP contribution in [0, 0.1) is 0 Å². The normalized spacial score (nSPS) is 13.3. The van der Waals surface area contributed by atoms with Crippen molar-refractivity contribution in [2.24, 2.45) is 5.73 Å². The zero-order valence-corrected chi connectivity index (χ0v) is 45.5. The van der Waals surface area contributed by atoms with Crippen LogP contribution in [0.2, 0.25) is 0 Å². The highest BCUT2D eigenvalue weighted by molar-refractivity contribution is 7.47. The van der Waals surface area contributed by atoms with Gasteiger partial charge in [0.05, 0.1) is 13.2 Å². The molecule has 0 bridgehead atoms. The van der Waals surface area contributed by atoms with Gasteiger partial charge in [0.1, 0.15) is 6.61 Å². The lowest BCUT2D eigenvalue weighted by Crippen LogP contribution is -2.29. The number of hydrogen-bond donors (Lipinski definition) is 2. The molecule has 0 aromatic rings.